The lowest BCUT2D eigenvalue weighted by atomic mass is 10.2. The molecule has 3 heteroatoms. The van der Waals surface area contributed by atoms with Crippen molar-refractivity contribution in [2.24, 2.45) is 4.99 Å². The molecule has 0 aromatic heterocycles. The lowest BCUT2D eigenvalue weighted by molar-refractivity contribution is 0.358. The molecular formula is C13H18N2O. The van der Waals surface area contributed by atoms with Crippen molar-refractivity contribution in [3.8, 4) is 5.75 Å². The average molecular weight is 218 g/mol. The Hall–Kier alpha value is -1.77. The van der Waals surface area contributed by atoms with Crippen molar-refractivity contribution in [2.45, 2.75) is 13.3 Å². The molecule has 16 heavy (non-hydrogen) atoms. The van der Waals surface area contributed by atoms with E-state index in [-0.39, 0.29) is 0 Å². The Morgan fingerprint density at radius 1 is 1.50 bits per heavy atom. The number of ether oxygens (including phenoxy) is 1. The number of nitrogens with two attached hydrogens (primary N) is 1. The fraction of sp³-hybridized carbons (Fsp3) is 0.308. The number of anilines is 1. The van der Waals surface area contributed by atoms with Crippen LogP contribution >= 0.6 is 0 Å². The minimum atomic E-state index is 0.522. The summed E-state index contributed by atoms with van der Waals surface area (Å²) in [6.45, 7) is 2.61. The average Bonchev–Trinajstić information content (AvgIpc) is 2.27. The van der Waals surface area contributed by atoms with E-state index in [1.54, 1.807) is 7.05 Å². The lowest BCUT2D eigenvalue weighted by Gasteiger charge is -2.07. The van der Waals surface area contributed by atoms with E-state index in [4.69, 9.17) is 10.5 Å². The Morgan fingerprint density at radius 2 is 2.31 bits per heavy atom. The number of benzene rings is 1. The van der Waals surface area contributed by atoms with Gasteiger partial charge in [0.2, 0.25) is 0 Å². The van der Waals surface area contributed by atoms with E-state index in [2.05, 4.69) is 18.0 Å². The van der Waals surface area contributed by atoms with Crippen LogP contribution in [0.25, 0.3) is 0 Å². The lowest BCUT2D eigenvalue weighted by Crippen LogP contribution is -2.02. The summed E-state index contributed by atoms with van der Waals surface area (Å²) in [6.07, 6.45) is 4.89. The molecule has 0 aliphatic rings. The predicted molar refractivity (Wildman–Crippen MR) is 69.1 cm³/mol. The van der Waals surface area contributed by atoms with Crippen LogP contribution in [0.5, 0.6) is 5.75 Å². The van der Waals surface area contributed by atoms with E-state index < -0.39 is 0 Å². The minimum Gasteiger partial charge on any atom is -0.489 e. The van der Waals surface area contributed by atoms with Crippen molar-refractivity contribution in [1.82, 2.24) is 0 Å². The number of allylic oxidation sites excluding steroid dienone is 1. The molecule has 0 amide bonds. The van der Waals surface area contributed by atoms with Crippen LogP contribution in [0.15, 0.2) is 40.9 Å². The molecule has 0 saturated carbocycles. The molecule has 1 aromatic rings. The highest BCUT2D eigenvalue weighted by Gasteiger charge is 1.96. The summed E-state index contributed by atoms with van der Waals surface area (Å²) >= 11 is 0. The predicted octanol–water partition coefficient (Wildman–Crippen LogP) is 2.68. The minimum absolute atomic E-state index is 0.522. The Morgan fingerprint density at radius 3 is 2.94 bits per heavy atom. The van der Waals surface area contributed by atoms with Gasteiger partial charge in [-0.25, -0.2) is 0 Å². The highest BCUT2D eigenvalue weighted by Crippen LogP contribution is 2.15. The van der Waals surface area contributed by atoms with Crippen molar-refractivity contribution in [2.75, 3.05) is 19.4 Å². The number of hydrogen-bond donors (Lipinski definition) is 1. The van der Waals surface area contributed by atoms with Gasteiger partial charge in [-0.05, 0) is 18.6 Å². The van der Waals surface area contributed by atoms with E-state index in [0.29, 0.717) is 12.3 Å². The van der Waals surface area contributed by atoms with Crippen LogP contribution in [0.2, 0.25) is 0 Å². The monoisotopic (exact) mass is 218 g/mol. The molecule has 0 spiro atoms. The van der Waals surface area contributed by atoms with E-state index in [1.807, 2.05) is 30.5 Å². The molecule has 0 heterocycles. The quantitative estimate of drug-likeness (QED) is 0.610. The Labute approximate surface area is 96.6 Å². The third-order valence-corrected chi connectivity index (χ3v) is 2.02. The molecule has 0 unspecified atom stereocenters. The van der Waals surface area contributed by atoms with Crippen molar-refractivity contribution in [3.63, 3.8) is 0 Å². The highest BCUT2D eigenvalue weighted by molar-refractivity contribution is 5.78. The molecule has 0 atom stereocenters. The maximum absolute atomic E-state index is 5.66. The molecule has 0 aliphatic carbocycles. The van der Waals surface area contributed by atoms with Gasteiger partial charge in [0.1, 0.15) is 12.4 Å². The first-order valence-electron chi connectivity index (χ1n) is 5.35. The number of hydrogen-bond acceptors (Lipinski definition) is 3. The zero-order valence-corrected chi connectivity index (χ0v) is 9.81. The van der Waals surface area contributed by atoms with Gasteiger partial charge in [-0.2, -0.15) is 0 Å². The fourth-order valence-electron chi connectivity index (χ4n) is 1.35. The largest absolute Gasteiger partial charge is 0.489 e. The molecule has 0 aliphatic heterocycles. The number of aliphatic imine (C=N–C) groups is 1. The summed E-state index contributed by atoms with van der Waals surface area (Å²) in [5.74, 6) is 0.784. The maximum Gasteiger partial charge on any atom is 0.121 e. The smallest absolute Gasteiger partial charge is 0.121 e. The summed E-state index contributed by atoms with van der Waals surface area (Å²) in [6, 6.07) is 7.42. The third kappa shape index (κ3) is 4.17. The molecule has 86 valence electrons. The first-order valence-corrected chi connectivity index (χ1v) is 5.35. The number of nitrogens with zero attached hydrogens (tertiary/aromatic N) is 1. The molecule has 2 N–H and O–H groups in total. The van der Waals surface area contributed by atoms with Gasteiger partial charge in [0, 0.05) is 30.6 Å². The molecule has 1 aromatic carbocycles. The zero-order chi connectivity index (χ0) is 11.8. The van der Waals surface area contributed by atoms with Crippen molar-refractivity contribution < 1.29 is 4.74 Å². The van der Waals surface area contributed by atoms with E-state index in [9.17, 15) is 0 Å². The van der Waals surface area contributed by atoms with Crippen LogP contribution in [-0.2, 0) is 0 Å². The molecular weight excluding hydrogens is 200 g/mol. The van der Waals surface area contributed by atoms with E-state index in [0.717, 1.165) is 17.7 Å². The van der Waals surface area contributed by atoms with Gasteiger partial charge >= 0.3 is 0 Å². The second-order valence-corrected chi connectivity index (χ2v) is 3.44. The maximum atomic E-state index is 5.66. The first kappa shape index (κ1) is 12.3. The standard InChI is InChI=1S/C13H18N2O/c1-3-5-11(9-15-2)10-16-13-7-4-6-12(14)8-13/h4-9H,3,10,14H2,1-2H3/b11-5+,15-9?. The first-order chi connectivity index (χ1) is 7.76. The van der Waals surface area contributed by atoms with Gasteiger partial charge in [-0.1, -0.05) is 19.1 Å². The van der Waals surface area contributed by atoms with Crippen LogP contribution in [0.4, 0.5) is 5.69 Å². The molecule has 0 bridgehead atoms. The Bertz CT molecular complexity index is 383. The van der Waals surface area contributed by atoms with Crippen LogP contribution in [0.1, 0.15) is 13.3 Å². The fourth-order valence-corrected chi connectivity index (χ4v) is 1.35. The third-order valence-electron chi connectivity index (χ3n) is 2.02. The number of nitrogen functional groups attached to an aromatic ring is 1. The highest BCUT2D eigenvalue weighted by atomic mass is 16.5. The molecule has 0 saturated heterocycles. The summed E-state index contributed by atoms with van der Waals surface area (Å²) in [5.41, 5.74) is 7.45. The van der Waals surface area contributed by atoms with Gasteiger partial charge in [0.05, 0.1) is 0 Å². The van der Waals surface area contributed by atoms with Crippen LogP contribution in [0.3, 0.4) is 0 Å². The summed E-state index contributed by atoms with van der Waals surface area (Å²) in [4.78, 5) is 3.99. The van der Waals surface area contributed by atoms with Crippen molar-refractivity contribution >= 4 is 11.9 Å². The van der Waals surface area contributed by atoms with Crippen LogP contribution in [-0.4, -0.2) is 19.9 Å². The summed E-state index contributed by atoms with van der Waals surface area (Å²) in [5, 5.41) is 0. The van der Waals surface area contributed by atoms with Gasteiger partial charge in [0.15, 0.2) is 0 Å². The van der Waals surface area contributed by atoms with Gasteiger partial charge < -0.3 is 10.5 Å². The van der Waals surface area contributed by atoms with Gasteiger partial charge in [0.25, 0.3) is 0 Å². The van der Waals surface area contributed by atoms with E-state index >= 15 is 0 Å². The Balaban J connectivity index is 2.59. The molecule has 1 rings (SSSR count). The van der Waals surface area contributed by atoms with Crippen LogP contribution < -0.4 is 10.5 Å². The summed E-state index contributed by atoms with van der Waals surface area (Å²) in [7, 11) is 1.75. The zero-order valence-electron chi connectivity index (χ0n) is 9.81. The molecule has 3 nitrogen and oxygen atoms in total. The molecule has 0 radical (unpaired) electrons. The Kier molecular flexibility index (Phi) is 5.12. The van der Waals surface area contributed by atoms with E-state index in [1.165, 1.54) is 0 Å². The molecule has 0 fully saturated rings. The second kappa shape index (κ2) is 6.67. The van der Waals surface area contributed by atoms with Crippen molar-refractivity contribution in [3.05, 3.63) is 35.9 Å². The topological polar surface area (TPSA) is 47.6 Å². The normalized spacial score (nSPS) is 12.0. The van der Waals surface area contributed by atoms with Crippen LogP contribution in [0, 0.1) is 0 Å². The van der Waals surface area contributed by atoms with Crippen molar-refractivity contribution in [1.29, 1.82) is 0 Å². The van der Waals surface area contributed by atoms with Gasteiger partial charge in [-0.3, -0.25) is 4.99 Å². The summed E-state index contributed by atoms with van der Waals surface area (Å²) < 4.78 is 5.61. The SMILES string of the molecule is CC/C=C(\C=NC)COc1cccc(N)c1. The van der Waals surface area contributed by atoms with Gasteiger partial charge in [-0.15, -0.1) is 0 Å². The number of rotatable bonds is 5. The second-order valence-electron chi connectivity index (χ2n) is 3.44.